The third kappa shape index (κ3) is 3.81. The average molecular weight is 377 g/mol. The van der Waals surface area contributed by atoms with Gasteiger partial charge in [0.2, 0.25) is 0 Å². The summed E-state index contributed by atoms with van der Waals surface area (Å²) in [5.74, 6) is 0.616. The Bertz CT molecular complexity index is 940. The van der Waals surface area contributed by atoms with Gasteiger partial charge in [-0.15, -0.1) is 11.3 Å². The summed E-state index contributed by atoms with van der Waals surface area (Å²) in [6.45, 7) is 5.79. The Morgan fingerprint density at radius 3 is 2.52 bits per heavy atom. The maximum Gasteiger partial charge on any atom is 0.273 e. The highest BCUT2D eigenvalue weighted by Gasteiger charge is 2.26. The van der Waals surface area contributed by atoms with Gasteiger partial charge >= 0.3 is 0 Å². The van der Waals surface area contributed by atoms with Crippen molar-refractivity contribution in [3.8, 4) is 10.6 Å². The van der Waals surface area contributed by atoms with Crippen LogP contribution < -0.4 is 0 Å². The molecule has 2 aromatic carbocycles. The maximum absolute atomic E-state index is 12.9. The Morgan fingerprint density at radius 1 is 1.07 bits per heavy atom. The molecule has 138 valence electrons. The SMILES string of the molecule is Cc1ccc(-c2nc(C(=O)N3CCC(c4ccccc4)CC3)cs2)c(C)c1. The second-order valence-corrected chi connectivity index (χ2v) is 8.19. The molecule has 3 aromatic rings. The zero-order chi connectivity index (χ0) is 18.8. The van der Waals surface area contributed by atoms with E-state index in [9.17, 15) is 4.79 Å². The summed E-state index contributed by atoms with van der Waals surface area (Å²) in [5.41, 5.74) is 5.52. The van der Waals surface area contributed by atoms with Crippen LogP contribution in [0.5, 0.6) is 0 Å². The van der Waals surface area contributed by atoms with Gasteiger partial charge in [-0.05, 0) is 43.7 Å². The molecule has 0 N–H and O–H groups in total. The van der Waals surface area contributed by atoms with Crippen molar-refractivity contribution in [2.75, 3.05) is 13.1 Å². The first-order valence-corrected chi connectivity index (χ1v) is 10.4. The van der Waals surface area contributed by atoms with Gasteiger partial charge in [0.25, 0.3) is 5.91 Å². The number of thiazole rings is 1. The molecule has 1 aliphatic heterocycles. The molecule has 0 spiro atoms. The number of likely N-dealkylation sites (tertiary alicyclic amines) is 1. The van der Waals surface area contributed by atoms with Crippen molar-refractivity contribution in [3.05, 3.63) is 76.3 Å². The number of piperidine rings is 1. The van der Waals surface area contributed by atoms with Crippen LogP contribution in [0.2, 0.25) is 0 Å². The van der Waals surface area contributed by atoms with E-state index in [1.807, 2.05) is 10.3 Å². The van der Waals surface area contributed by atoms with Gasteiger partial charge in [0.1, 0.15) is 10.7 Å². The van der Waals surface area contributed by atoms with Gasteiger partial charge in [-0.3, -0.25) is 4.79 Å². The van der Waals surface area contributed by atoms with Crippen LogP contribution in [0, 0.1) is 13.8 Å². The zero-order valence-electron chi connectivity index (χ0n) is 15.8. The summed E-state index contributed by atoms with van der Waals surface area (Å²) in [5, 5.41) is 2.83. The third-order valence-corrected chi connectivity index (χ3v) is 6.26. The molecule has 1 aliphatic rings. The molecule has 0 saturated carbocycles. The van der Waals surface area contributed by atoms with Gasteiger partial charge in [-0.1, -0.05) is 54.1 Å². The fraction of sp³-hybridized carbons (Fsp3) is 0.304. The Morgan fingerprint density at radius 2 is 1.81 bits per heavy atom. The monoisotopic (exact) mass is 376 g/mol. The first kappa shape index (κ1) is 17.9. The molecule has 0 radical (unpaired) electrons. The summed E-state index contributed by atoms with van der Waals surface area (Å²) in [6.07, 6.45) is 2.04. The van der Waals surface area contributed by atoms with E-state index < -0.39 is 0 Å². The van der Waals surface area contributed by atoms with E-state index in [1.54, 1.807) is 11.3 Å². The molecule has 0 bridgehead atoms. The van der Waals surface area contributed by atoms with Crippen LogP contribution in [0.3, 0.4) is 0 Å². The standard InChI is InChI=1S/C23H24N2OS/c1-16-8-9-20(17(2)14-16)22-24-21(15-27-22)23(26)25-12-10-19(11-13-25)18-6-4-3-5-7-18/h3-9,14-15,19H,10-13H2,1-2H3. The summed E-state index contributed by atoms with van der Waals surface area (Å²) in [6, 6.07) is 17.0. The fourth-order valence-corrected chi connectivity index (χ4v) is 4.74. The number of benzene rings is 2. The molecule has 1 aromatic heterocycles. The first-order valence-electron chi connectivity index (χ1n) is 9.49. The van der Waals surface area contributed by atoms with E-state index in [1.165, 1.54) is 16.7 Å². The van der Waals surface area contributed by atoms with Crippen molar-refractivity contribution in [1.29, 1.82) is 0 Å². The topological polar surface area (TPSA) is 33.2 Å². The van der Waals surface area contributed by atoms with Crippen molar-refractivity contribution in [3.63, 3.8) is 0 Å². The number of hydrogen-bond acceptors (Lipinski definition) is 3. The molecule has 4 heteroatoms. The highest BCUT2D eigenvalue weighted by Crippen LogP contribution is 2.30. The van der Waals surface area contributed by atoms with E-state index in [0.29, 0.717) is 11.6 Å². The molecular weight excluding hydrogens is 352 g/mol. The van der Waals surface area contributed by atoms with Crippen LogP contribution >= 0.6 is 11.3 Å². The molecule has 1 saturated heterocycles. The molecular formula is C23H24N2OS. The third-order valence-electron chi connectivity index (χ3n) is 5.39. The molecule has 0 aliphatic carbocycles. The minimum absolute atomic E-state index is 0.0637. The quantitative estimate of drug-likeness (QED) is 0.609. The van der Waals surface area contributed by atoms with Gasteiger partial charge in [-0.25, -0.2) is 4.98 Å². The lowest BCUT2D eigenvalue weighted by atomic mass is 9.89. The lowest BCUT2D eigenvalue weighted by Gasteiger charge is -2.31. The van der Waals surface area contributed by atoms with E-state index >= 15 is 0 Å². The zero-order valence-corrected chi connectivity index (χ0v) is 16.6. The molecule has 0 unspecified atom stereocenters. The van der Waals surface area contributed by atoms with Gasteiger partial charge in [0.05, 0.1) is 0 Å². The van der Waals surface area contributed by atoms with Crippen molar-refractivity contribution < 1.29 is 4.79 Å². The van der Waals surface area contributed by atoms with Gasteiger partial charge in [0.15, 0.2) is 0 Å². The Balaban J connectivity index is 1.44. The molecule has 1 amide bonds. The number of aromatic nitrogens is 1. The normalized spacial score (nSPS) is 15.1. The smallest absolute Gasteiger partial charge is 0.273 e. The van der Waals surface area contributed by atoms with E-state index in [4.69, 9.17) is 0 Å². The van der Waals surface area contributed by atoms with Crippen LogP contribution in [-0.2, 0) is 0 Å². The predicted octanol–water partition coefficient (Wildman–Crippen LogP) is 5.45. The second kappa shape index (κ2) is 7.65. The Labute approximate surface area is 164 Å². The van der Waals surface area contributed by atoms with Crippen LogP contribution in [0.15, 0.2) is 53.9 Å². The highest BCUT2D eigenvalue weighted by atomic mass is 32.1. The second-order valence-electron chi connectivity index (χ2n) is 7.33. The lowest BCUT2D eigenvalue weighted by Crippen LogP contribution is -2.38. The summed E-state index contributed by atoms with van der Waals surface area (Å²) >= 11 is 1.55. The number of carbonyl (C=O) groups is 1. The molecule has 0 atom stereocenters. The van der Waals surface area contributed by atoms with Crippen molar-refractivity contribution >= 4 is 17.2 Å². The van der Waals surface area contributed by atoms with E-state index in [2.05, 4.69) is 67.4 Å². The molecule has 1 fully saturated rings. The van der Waals surface area contributed by atoms with Crippen molar-refractivity contribution in [2.45, 2.75) is 32.6 Å². The summed E-state index contributed by atoms with van der Waals surface area (Å²) in [4.78, 5) is 19.5. The highest BCUT2D eigenvalue weighted by molar-refractivity contribution is 7.13. The summed E-state index contributed by atoms with van der Waals surface area (Å²) in [7, 11) is 0. The number of nitrogens with zero attached hydrogens (tertiary/aromatic N) is 2. The van der Waals surface area contributed by atoms with Crippen LogP contribution in [-0.4, -0.2) is 28.9 Å². The number of carbonyl (C=O) groups excluding carboxylic acids is 1. The molecule has 4 rings (SSSR count). The van der Waals surface area contributed by atoms with E-state index in [0.717, 1.165) is 36.5 Å². The Kier molecular flexibility index (Phi) is 5.08. The van der Waals surface area contributed by atoms with Crippen LogP contribution in [0.4, 0.5) is 0 Å². The summed E-state index contributed by atoms with van der Waals surface area (Å²) < 4.78 is 0. The molecule has 2 heterocycles. The van der Waals surface area contributed by atoms with Crippen LogP contribution in [0.1, 0.15) is 45.9 Å². The van der Waals surface area contributed by atoms with E-state index in [-0.39, 0.29) is 5.91 Å². The molecule has 3 nitrogen and oxygen atoms in total. The number of amides is 1. The van der Waals surface area contributed by atoms with Gasteiger partial charge in [0, 0.05) is 24.0 Å². The maximum atomic E-state index is 12.9. The number of rotatable bonds is 3. The number of hydrogen-bond donors (Lipinski definition) is 0. The fourth-order valence-electron chi connectivity index (χ4n) is 3.85. The largest absolute Gasteiger partial charge is 0.337 e. The van der Waals surface area contributed by atoms with Crippen LogP contribution in [0.25, 0.3) is 10.6 Å². The van der Waals surface area contributed by atoms with Gasteiger partial charge in [-0.2, -0.15) is 0 Å². The minimum Gasteiger partial charge on any atom is -0.337 e. The average Bonchev–Trinajstić information content (AvgIpc) is 3.18. The van der Waals surface area contributed by atoms with Gasteiger partial charge < -0.3 is 4.90 Å². The van der Waals surface area contributed by atoms with Crippen molar-refractivity contribution in [1.82, 2.24) is 9.88 Å². The predicted molar refractivity (Wildman–Crippen MR) is 111 cm³/mol. The lowest BCUT2D eigenvalue weighted by molar-refractivity contribution is 0.0708. The first-order chi connectivity index (χ1) is 13.1. The Hall–Kier alpha value is -2.46. The molecule has 27 heavy (non-hydrogen) atoms. The number of aryl methyl sites for hydroxylation is 2. The van der Waals surface area contributed by atoms with Crippen molar-refractivity contribution in [2.24, 2.45) is 0 Å². The minimum atomic E-state index is 0.0637.